The van der Waals surface area contributed by atoms with Gasteiger partial charge in [-0.25, -0.2) is 4.98 Å². The SMILES string of the molecule is COc1cc([C@@H]2/C(=C(\O)c3ccc4c(c3)C[C@@H](C)O4)C(=O)C(=O)N2c2nc3c(C)cc(C)cc3s2)cc(OC)c1OC. The molecule has 10 heteroatoms. The van der Waals surface area contributed by atoms with E-state index in [1.165, 1.54) is 37.6 Å². The Labute approximate surface area is 246 Å². The molecule has 1 amide bonds. The van der Waals surface area contributed by atoms with Crippen molar-refractivity contribution in [2.75, 3.05) is 26.2 Å². The van der Waals surface area contributed by atoms with Gasteiger partial charge in [-0.1, -0.05) is 17.4 Å². The predicted octanol–water partition coefficient (Wildman–Crippen LogP) is 5.89. The zero-order valence-electron chi connectivity index (χ0n) is 24.1. The molecule has 1 saturated heterocycles. The molecular weight excluding hydrogens is 556 g/mol. The summed E-state index contributed by atoms with van der Waals surface area (Å²) in [5, 5.41) is 12.1. The number of carbonyl (C=O) groups excluding carboxylic acids is 2. The minimum atomic E-state index is -1.02. The fourth-order valence-corrected chi connectivity index (χ4v) is 6.96. The number of anilines is 1. The third-order valence-electron chi connectivity index (χ3n) is 7.64. The Bertz CT molecular complexity index is 1780. The van der Waals surface area contributed by atoms with Crippen LogP contribution in [-0.4, -0.2) is 49.2 Å². The lowest BCUT2D eigenvalue weighted by Crippen LogP contribution is -2.29. The number of benzene rings is 3. The van der Waals surface area contributed by atoms with Gasteiger partial charge in [-0.15, -0.1) is 0 Å². The highest BCUT2D eigenvalue weighted by molar-refractivity contribution is 7.22. The van der Waals surface area contributed by atoms with Gasteiger partial charge in [0.15, 0.2) is 16.6 Å². The highest BCUT2D eigenvalue weighted by atomic mass is 32.1. The lowest BCUT2D eigenvalue weighted by Gasteiger charge is -2.24. The molecule has 1 fully saturated rings. The van der Waals surface area contributed by atoms with Crippen molar-refractivity contribution in [3.05, 3.63) is 75.9 Å². The van der Waals surface area contributed by atoms with E-state index in [4.69, 9.17) is 23.9 Å². The second-order valence-electron chi connectivity index (χ2n) is 10.5. The molecule has 0 aliphatic carbocycles. The number of Topliss-reactive ketones (excluding diaryl/α,β-unsaturated/α-hetero) is 1. The largest absolute Gasteiger partial charge is 0.507 e. The molecule has 2 aliphatic heterocycles. The fourth-order valence-electron chi connectivity index (χ4n) is 5.79. The van der Waals surface area contributed by atoms with Crippen LogP contribution in [0.25, 0.3) is 16.0 Å². The number of amides is 1. The smallest absolute Gasteiger partial charge is 0.301 e. The molecule has 3 aromatic carbocycles. The van der Waals surface area contributed by atoms with E-state index in [-0.39, 0.29) is 17.4 Å². The maximum absolute atomic E-state index is 13.8. The second kappa shape index (κ2) is 10.4. The van der Waals surface area contributed by atoms with E-state index in [0.717, 1.165) is 32.7 Å². The first-order chi connectivity index (χ1) is 20.1. The van der Waals surface area contributed by atoms with E-state index >= 15 is 0 Å². The number of aryl methyl sites for hydroxylation is 2. The minimum absolute atomic E-state index is 0.00772. The number of aliphatic hydroxyl groups is 1. The van der Waals surface area contributed by atoms with E-state index in [0.29, 0.717) is 39.9 Å². The fraction of sp³-hybridized carbons (Fsp3) is 0.281. The first kappa shape index (κ1) is 27.6. The highest BCUT2D eigenvalue weighted by Gasteiger charge is 2.49. The first-order valence-electron chi connectivity index (χ1n) is 13.4. The van der Waals surface area contributed by atoms with Gasteiger partial charge >= 0.3 is 5.91 Å². The summed E-state index contributed by atoms with van der Waals surface area (Å²) < 4.78 is 23.4. The van der Waals surface area contributed by atoms with Gasteiger partial charge in [-0.3, -0.25) is 14.5 Å². The summed E-state index contributed by atoms with van der Waals surface area (Å²) in [5.74, 6) is -0.107. The normalized spacial score (nSPS) is 19.2. The summed E-state index contributed by atoms with van der Waals surface area (Å²) in [7, 11) is 4.48. The van der Waals surface area contributed by atoms with Gasteiger partial charge in [-0.2, -0.15) is 0 Å². The number of hydrogen-bond acceptors (Lipinski definition) is 9. The van der Waals surface area contributed by atoms with Crippen molar-refractivity contribution < 1.29 is 33.6 Å². The van der Waals surface area contributed by atoms with Crippen LogP contribution in [0.5, 0.6) is 23.0 Å². The molecule has 1 aromatic heterocycles. The molecule has 9 nitrogen and oxygen atoms in total. The van der Waals surface area contributed by atoms with Crippen molar-refractivity contribution in [2.24, 2.45) is 0 Å². The number of thiazole rings is 1. The van der Waals surface area contributed by atoms with Crippen LogP contribution in [0.3, 0.4) is 0 Å². The number of ether oxygens (including phenoxy) is 4. The second-order valence-corrected chi connectivity index (χ2v) is 11.5. The number of carbonyl (C=O) groups is 2. The minimum Gasteiger partial charge on any atom is -0.507 e. The lowest BCUT2D eigenvalue weighted by molar-refractivity contribution is -0.132. The molecule has 0 saturated carbocycles. The zero-order valence-corrected chi connectivity index (χ0v) is 24.9. The van der Waals surface area contributed by atoms with Gasteiger partial charge in [-0.05, 0) is 79.4 Å². The number of hydrogen-bond donors (Lipinski definition) is 1. The first-order valence-corrected chi connectivity index (χ1v) is 14.3. The number of aliphatic hydroxyl groups excluding tert-OH is 1. The van der Waals surface area contributed by atoms with Gasteiger partial charge in [0.05, 0.1) is 43.2 Å². The average molecular weight is 587 g/mol. The number of fused-ring (bicyclic) bond motifs is 2. The summed E-state index contributed by atoms with van der Waals surface area (Å²) in [5.41, 5.74) is 4.53. The van der Waals surface area contributed by atoms with Crippen LogP contribution >= 0.6 is 11.3 Å². The standard InChI is InChI=1S/C32H30N2O7S/c1-15-9-16(2)26-24(10-15)42-32(33-26)34-27(20-13-22(38-4)30(40-6)23(14-20)39-5)25(29(36)31(34)37)28(35)18-7-8-21-19(12-18)11-17(3)41-21/h7-10,12-14,17,27,35H,11H2,1-6H3/b28-25+/t17-,27-/m1/s1. The maximum atomic E-state index is 13.8. The number of nitrogens with zero attached hydrogens (tertiary/aromatic N) is 2. The summed E-state index contributed by atoms with van der Waals surface area (Å²) >= 11 is 1.31. The van der Waals surface area contributed by atoms with Crippen LogP contribution in [0, 0.1) is 13.8 Å². The van der Waals surface area contributed by atoms with Crippen LogP contribution in [0.1, 0.15) is 40.8 Å². The van der Waals surface area contributed by atoms with Crippen LogP contribution in [-0.2, 0) is 16.0 Å². The molecule has 0 radical (unpaired) electrons. The van der Waals surface area contributed by atoms with E-state index in [9.17, 15) is 14.7 Å². The Morgan fingerprint density at radius 2 is 1.74 bits per heavy atom. The Balaban J connectivity index is 1.60. The van der Waals surface area contributed by atoms with Crippen molar-refractivity contribution in [1.82, 2.24) is 4.98 Å². The van der Waals surface area contributed by atoms with Crippen LogP contribution in [0.2, 0.25) is 0 Å². The third-order valence-corrected chi connectivity index (χ3v) is 8.64. The molecule has 1 N–H and O–H groups in total. The Morgan fingerprint density at radius 3 is 2.40 bits per heavy atom. The van der Waals surface area contributed by atoms with Crippen LogP contribution < -0.4 is 23.8 Å². The van der Waals surface area contributed by atoms with E-state index in [2.05, 4.69) is 0 Å². The number of ketones is 1. The summed E-state index contributed by atoms with van der Waals surface area (Å²) in [4.78, 5) is 33.8. The van der Waals surface area contributed by atoms with Crippen LogP contribution in [0.15, 0.2) is 48.0 Å². The zero-order chi connectivity index (χ0) is 29.9. The van der Waals surface area contributed by atoms with Gasteiger partial charge in [0.1, 0.15) is 17.6 Å². The molecule has 0 bridgehead atoms. The van der Waals surface area contributed by atoms with Crippen molar-refractivity contribution in [3.63, 3.8) is 0 Å². The van der Waals surface area contributed by atoms with Crippen molar-refractivity contribution >= 4 is 44.1 Å². The Morgan fingerprint density at radius 1 is 1.02 bits per heavy atom. The summed E-state index contributed by atoms with van der Waals surface area (Å²) in [6, 6.07) is 11.6. The molecule has 0 spiro atoms. The van der Waals surface area contributed by atoms with Crippen molar-refractivity contribution in [3.8, 4) is 23.0 Å². The van der Waals surface area contributed by atoms with Gasteiger partial charge < -0.3 is 24.1 Å². The molecule has 216 valence electrons. The maximum Gasteiger partial charge on any atom is 0.301 e. The quantitative estimate of drug-likeness (QED) is 0.169. The van der Waals surface area contributed by atoms with Gasteiger partial charge in [0, 0.05) is 12.0 Å². The molecule has 4 aromatic rings. The van der Waals surface area contributed by atoms with Crippen molar-refractivity contribution in [2.45, 2.75) is 39.3 Å². The highest BCUT2D eigenvalue weighted by Crippen LogP contribution is 2.48. The number of methoxy groups -OCH3 is 3. The van der Waals surface area contributed by atoms with E-state index in [1.54, 1.807) is 30.3 Å². The molecule has 6 rings (SSSR count). The number of rotatable bonds is 6. The molecule has 2 aliphatic rings. The van der Waals surface area contributed by atoms with Gasteiger partial charge in [0.25, 0.3) is 5.78 Å². The van der Waals surface area contributed by atoms with Crippen LogP contribution in [0.4, 0.5) is 5.13 Å². The molecule has 42 heavy (non-hydrogen) atoms. The average Bonchev–Trinajstić information content (AvgIpc) is 3.64. The molecule has 3 heterocycles. The topological polar surface area (TPSA) is 107 Å². The van der Waals surface area contributed by atoms with E-state index < -0.39 is 17.7 Å². The summed E-state index contributed by atoms with van der Waals surface area (Å²) in [6.45, 7) is 5.93. The Kier molecular flexibility index (Phi) is 6.81. The molecule has 0 unspecified atom stereocenters. The predicted molar refractivity (Wildman–Crippen MR) is 160 cm³/mol. The monoisotopic (exact) mass is 586 g/mol. The van der Waals surface area contributed by atoms with Gasteiger partial charge in [0.2, 0.25) is 5.75 Å². The Hall–Kier alpha value is -4.57. The lowest BCUT2D eigenvalue weighted by atomic mass is 9.94. The third kappa shape index (κ3) is 4.34. The molecule has 2 atom stereocenters. The van der Waals surface area contributed by atoms with Crippen molar-refractivity contribution in [1.29, 1.82) is 0 Å². The van der Waals surface area contributed by atoms with E-state index in [1.807, 2.05) is 32.9 Å². The molecular formula is C32H30N2O7S. The number of aromatic nitrogens is 1. The summed E-state index contributed by atoms with van der Waals surface area (Å²) in [6.07, 6.45) is 0.680.